The predicted molar refractivity (Wildman–Crippen MR) is 130 cm³/mol. The summed E-state index contributed by atoms with van der Waals surface area (Å²) in [6.07, 6.45) is 1.05. The van der Waals surface area contributed by atoms with Crippen molar-refractivity contribution in [2.24, 2.45) is 0 Å². The van der Waals surface area contributed by atoms with Crippen molar-refractivity contribution in [1.29, 1.82) is 0 Å². The predicted octanol–water partition coefficient (Wildman–Crippen LogP) is 5.62. The van der Waals surface area contributed by atoms with Crippen molar-refractivity contribution >= 4 is 51.8 Å². The summed E-state index contributed by atoms with van der Waals surface area (Å²) in [4.78, 5) is 24.3. The largest absolute Gasteiger partial charge is 0.444 e. The highest BCUT2D eigenvalue weighted by molar-refractivity contribution is 7.71. The molecule has 9 heteroatoms. The Morgan fingerprint density at radius 2 is 2.00 bits per heavy atom. The molecule has 1 amide bonds. The van der Waals surface area contributed by atoms with Gasteiger partial charge in [0.1, 0.15) is 17.7 Å². The van der Waals surface area contributed by atoms with E-state index in [0.717, 1.165) is 34.0 Å². The fourth-order valence-electron chi connectivity index (χ4n) is 3.55. The van der Waals surface area contributed by atoms with Crippen molar-refractivity contribution < 1.29 is 9.53 Å². The lowest BCUT2D eigenvalue weighted by Crippen LogP contribution is -2.27. The minimum Gasteiger partial charge on any atom is -0.444 e. The van der Waals surface area contributed by atoms with Crippen molar-refractivity contribution in [2.75, 3.05) is 10.6 Å². The first kappa shape index (κ1) is 21.8. The monoisotopic (exact) mass is 450 g/mol. The summed E-state index contributed by atoms with van der Waals surface area (Å²) in [5.41, 5.74) is 3.80. The number of H-pyrrole nitrogens is 1. The first-order valence-corrected chi connectivity index (χ1v) is 10.8. The zero-order chi connectivity index (χ0) is 22.9. The van der Waals surface area contributed by atoms with Gasteiger partial charge in [-0.05, 0) is 63.7 Å². The van der Waals surface area contributed by atoms with E-state index in [-0.39, 0.29) is 0 Å². The maximum absolute atomic E-state index is 12.2. The van der Waals surface area contributed by atoms with Crippen LogP contribution in [-0.2, 0) is 17.8 Å². The third-order valence-corrected chi connectivity index (χ3v) is 5.27. The van der Waals surface area contributed by atoms with Gasteiger partial charge in [0.25, 0.3) is 0 Å². The topological polar surface area (TPSA) is 96.9 Å². The van der Waals surface area contributed by atoms with Crippen molar-refractivity contribution in [2.45, 2.75) is 46.4 Å². The van der Waals surface area contributed by atoms with E-state index in [1.807, 2.05) is 61.7 Å². The summed E-state index contributed by atoms with van der Waals surface area (Å²) >= 11 is 5.43. The molecular formula is C23H26N6O2S. The molecule has 3 N–H and O–H groups in total. The van der Waals surface area contributed by atoms with Gasteiger partial charge in [0.15, 0.2) is 4.77 Å². The van der Waals surface area contributed by atoms with Gasteiger partial charge in [0, 0.05) is 24.2 Å². The minimum atomic E-state index is -0.568. The summed E-state index contributed by atoms with van der Waals surface area (Å²) in [5.74, 6) is 0.701. The van der Waals surface area contributed by atoms with Crippen LogP contribution in [0.3, 0.4) is 0 Å². The zero-order valence-corrected chi connectivity index (χ0v) is 19.3. The number of hydrogen-bond donors (Lipinski definition) is 3. The normalized spacial score (nSPS) is 11.6. The molecule has 0 radical (unpaired) electrons. The van der Waals surface area contributed by atoms with Gasteiger partial charge in [-0.1, -0.05) is 18.2 Å². The van der Waals surface area contributed by atoms with Crippen molar-refractivity contribution in [1.82, 2.24) is 19.5 Å². The molecule has 0 spiro atoms. The highest BCUT2D eigenvalue weighted by atomic mass is 32.1. The minimum absolute atomic E-state index is 0.460. The second-order valence-corrected chi connectivity index (χ2v) is 8.81. The number of para-hydroxylation sites is 1. The maximum Gasteiger partial charge on any atom is 0.412 e. The van der Waals surface area contributed by atoms with E-state index < -0.39 is 11.7 Å². The lowest BCUT2D eigenvalue weighted by atomic mass is 10.1. The molecule has 0 saturated carbocycles. The molecule has 4 aromatic rings. The van der Waals surface area contributed by atoms with Gasteiger partial charge in [-0.2, -0.15) is 0 Å². The maximum atomic E-state index is 12.2. The Bertz CT molecular complexity index is 1350. The molecule has 0 fully saturated rings. The molecular weight excluding hydrogens is 424 g/mol. The van der Waals surface area contributed by atoms with E-state index in [4.69, 9.17) is 17.0 Å². The fourth-order valence-corrected chi connectivity index (χ4v) is 3.89. The highest BCUT2D eigenvalue weighted by Gasteiger charge is 2.17. The van der Waals surface area contributed by atoms with Crippen LogP contribution in [0, 0.1) is 4.77 Å². The van der Waals surface area contributed by atoms with E-state index in [0.29, 0.717) is 22.8 Å². The number of carbonyl (C=O) groups excluding carboxylic acids is 1. The van der Waals surface area contributed by atoms with Crippen LogP contribution >= 0.6 is 12.2 Å². The number of aromatic nitrogens is 4. The summed E-state index contributed by atoms with van der Waals surface area (Å²) in [6.45, 7) is 8.79. The van der Waals surface area contributed by atoms with Gasteiger partial charge in [0.05, 0.1) is 16.6 Å². The van der Waals surface area contributed by atoms with Crippen molar-refractivity contribution in [3.63, 3.8) is 0 Å². The molecule has 2 aromatic heterocycles. The number of ether oxygens (including phenoxy) is 1. The Hall–Kier alpha value is -3.46. The van der Waals surface area contributed by atoms with Gasteiger partial charge in [-0.25, -0.2) is 14.8 Å². The van der Waals surface area contributed by atoms with E-state index in [1.165, 1.54) is 0 Å². The number of nitrogens with one attached hydrogen (secondary N) is 3. The number of rotatable bonds is 5. The quantitative estimate of drug-likeness (QED) is 0.341. The van der Waals surface area contributed by atoms with Gasteiger partial charge < -0.3 is 19.6 Å². The molecule has 32 heavy (non-hydrogen) atoms. The Labute approximate surface area is 191 Å². The molecule has 166 valence electrons. The number of anilines is 2. The smallest absolute Gasteiger partial charge is 0.412 e. The summed E-state index contributed by atoms with van der Waals surface area (Å²) < 4.78 is 8.10. The van der Waals surface area contributed by atoms with E-state index in [1.54, 1.807) is 6.33 Å². The summed E-state index contributed by atoms with van der Waals surface area (Å²) in [6, 6.07) is 11.6. The molecule has 2 aromatic carbocycles. The van der Waals surface area contributed by atoms with Crippen LogP contribution in [0.2, 0.25) is 0 Å². The van der Waals surface area contributed by atoms with Crippen LogP contribution in [0.25, 0.3) is 21.9 Å². The van der Waals surface area contributed by atoms with Gasteiger partial charge in [0.2, 0.25) is 0 Å². The number of aryl methyl sites for hydroxylation is 1. The van der Waals surface area contributed by atoms with E-state index >= 15 is 0 Å². The fraction of sp³-hybridized carbons (Fsp3) is 0.304. The van der Waals surface area contributed by atoms with Crippen LogP contribution in [0.5, 0.6) is 0 Å². The Morgan fingerprint density at radius 3 is 2.75 bits per heavy atom. The summed E-state index contributed by atoms with van der Waals surface area (Å²) in [7, 11) is 0. The summed E-state index contributed by atoms with van der Waals surface area (Å²) in [5, 5.41) is 7.09. The molecule has 4 rings (SSSR count). The Morgan fingerprint density at radius 1 is 1.22 bits per heavy atom. The first-order valence-electron chi connectivity index (χ1n) is 10.4. The van der Waals surface area contributed by atoms with Crippen LogP contribution < -0.4 is 10.6 Å². The number of fused-ring (bicyclic) bond motifs is 2. The van der Waals surface area contributed by atoms with Crippen molar-refractivity contribution in [3.8, 4) is 0 Å². The van der Waals surface area contributed by atoms with Gasteiger partial charge in [-0.3, -0.25) is 5.32 Å². The molecule has 0 unspecified atom stereocenters. The van der Waals surface area contributed by atoms with E-state index in [2.05, 4.69) is 32.5 Å². The second-order valence-electron chi connectivity index (χ2n) is 8.42. The zero-order valence-electron chi connectivity index (χ0n) is 18.5. The van der Waals surface area contributed by atoms with Crippen LogP contribution in [0.4, 0.5) is 16.3 Å². The molecule has 0 aliphatic carbocycles. The lowest BCUT2D eigenvalue weighted by molar-refractivity contribution is 0.0636. The first-order chi connectivity index (χ1) is 15.2. The number of benzene rings is 2. The third kappa shape index (κ3) is 4.57. The van der Waals surface area contributed by atoms with Crippen LogP contribution in [0.1, 0.15) is 33.3 Å². The second kappa shape index (κ2) is 8.58. The Kier molecular flexibility index (Phi) is 5.84. The Balaban J connectivity index is 1.61. The van der Waals surface area contributed by atoms with Gasteiger partial charge in [-0.15, -0.1) is 0 Å². The van der Waals surface area contributed by atoms with Crippen LogP contribution in [-0.4, -0.2) is 31.2 Å². The molecule has 2 heterocycles. The number of aromatic amines is 1. The third-order valence-electron chi connectivity index (χ3n) is 4.95. The number of imidazole rings is 1. The SMILES string of the molecule is CCn1c(=S)[nH]c2cc3c(NCc4ccccc4NC(=O)OC(C)(C)C)ncnc3cc21. The lowest BCUT2D eigenvalue weighted by Gasteiger charge is -2.20. The number of hydrogen-bond acceptors (Lipinski definition) is 6. The number of nitrogens with zero attached hydrogens (tertiary/aromatic N) is 3. The standard InChI is InChI=1S/C23H26N6O2S/c1-5-29-19-11-17-15(10-18(19)27-21(29)32)20(26-13-25-17)24-12-14-8-6-7-9-16(14)28-22(30)31-23(2,3)4/h6-11,13H,5,12H2,1-4H3,(H,27,32)(H,28,30)(H,24,25,26). The van der Waals surface area contributed by atoms with E-state index in [9.17, 15) is 4.79 Å². The highest BCUT2D eigenvalue weighted by Crippen LogP contribution is 2.26. The number of carbonyl (C=O) groups is 1. The van der Waals surface area contributed by atoms with Crippen molar-refractivity contribution in [3.05, 3.63) is 53.1 Å². The molecule has 0 aliphatic heterocycles. The molecule has 0 saturated heterocycles. The molecule has 0 bridgehead atoms. The number of amides is 1. The average Bonchev–Trinajstić information content (AvgIpc) is 3.03. The average molecular weight is 451 g/mol. The van der Waals surface area contributed by atoms with Crippen LogP contribution in [0.15, 0.2) is 42.7 Å². The molecule has 0 atom stereocenters. The molecule has 8 nitrogen and oxygen atoms in total. The van der Waals surface area contributed by atoms with Gasteiger partial charge >= 0.3 is 6.09 Å². The molecule has 0 aliphatic rings.